The summed E-state index contributed by atoms with van der Waals surface area (Å²) in [6, 6.07) is 0. The van der Waals surface area contributed by atoms with Crippen LogP contribution in [-0.2, 0) is 19.1 Å². The van der Waals surface area contributed by atoms with Gasteiger partial charge in [0.1, 0.15) is 0 Å². The number of rotatable bonds is 6. The summed E-state index contributed by atoms with van der Waals surface area (Å²) in [4.78, 5) is 20.5. The maximum Gasteiger partial charge on any atom is 0.330 e. The van der Waals surface area contributed by atoms with Gasteiger partial charge in [-0.2, -0.15) is 0 Å². The molecule has 0 N–H and O–H groups in total. The summed E-state index contributed by atoms with van der Waals surface area (Å²) >= 11 is 0. The fraction of sp³-hybridized carbons (Fsp3) is 0.727. The van der Waals surface area contributed by atoms with Gasteiger partial charge in [0.05, 0.1) is 13.2 Å². The smallest absolute Gasteiger partial charge is 0.330 e. The molecule has 0 amide bonds. The van der Waals surface area contributed by atoms with E-state index < -0.39 is 0 Å². The lowest BCUT2D eigenvalue weighted by Crippen LogP contribution is -2.15. The van der Waals surface area contributed by atoms with E-state index in [1.807, 2.05) is 13.8 Å². The van der Waals surface area contributed by atoms with Crippen LogP contribution in [0.4, 0.5) is 0 Å². The van der Waals surface area contributed by atoms with Crippen LogP contribution in [0.15, 0.2) is 25.3 Å². The lowest BCUT2D eigenvalue weighted by Gasteiger charge is -2.23. The second-order valence-electron chi connectivity index (χ2n) is 7.34. The van der Waals surface area contributed by atoms with Crippen LogP contribution in [0, 0.1) is 23.7 Å². The molecule has 0 aromatic rings. The largest absolute Gasteiger partial charge is 0.463 e. The molecule has 3 saturated carbocycles. The predicted molar refractivity (Wildman–Crippen MR) is 105 cm³/mol. The number of hydrogen-bond acceptors (Lipinski definition) is 4. The molecule has 0 aliphatic heterocycles. The van der Waals surface area contributed by atoms with Crippen molar-refractivity contribution in [3.8, 4) is 0 Å². The highest BCUT2D eigenvalue weighted by atomic mass is 16.5. The number of carbonyl (C=O) groups is 2. The third kappa shape index (κ3) is 7.35. The molecule has 4 atom stereocenters. The average Bonchev–Trinajstić information content (AvgIpc) is 3.39. The standard InChI is InChI=1S/C10H16.2C6H10O2/c1-2-9-7-4-5-8(6-7)10(9)3-1;2*1-3-5-8-6(7)4-2/h7-10H,1-6H2;2*4H,2-3,5H2,1H3. The molecular formula is C22H36O4. The van der Waals surface area contributed by atoms with Crippen LogP contribution in [0.5, 0.6) is 0 Å². The summed E-state index contributed by atoms with van der Waals surface area (Å²) in [6.45, 7) is 11.3. The van der Waals surface area contributed by atoms with Gasteiger partial charge < -0.3 is 9.47 Å². The van der Waals surface area contributed by atoms with Gasteiger partial charge in [-0.1, -0.05) is 33.4 Å². The average molecular weight is 365 g/mol. The van der Waals surface area contributed by atoms with Gasteiger partial charge >= 0.3 is 11.9 Å². The zero-order valence-electron chi connectivity index (χ0n) is 16.6. The van der Waals surface area contributed by atoms with Gasteiger partial charge in [0.2, 0.25) is 0 Å². The molecule has 0 aromatic carbocycles. The van der Waals surface area contributed by atoms with E-state index in [9.17, 15) is 9.59 Å². The molecule has 0 spiro atoms. The lowest BCUT2D eigenvalue weighted by molar-refractivity contribution is -0.138. The maximum atomic E-state index is 10.2. The van der Waals surface area contributed by atoms with E-state index in [-0.39, 0.29) is 11.9 Å². The summed E-state index contributed by atoms with van der Waals surface area (Å²) in [5.74, 6) is 4.12. The Kier molecular flexibility index (Phi) is 11.0. The van der Waals surface area contributed by atoms with Crippen molar-refractivity contribution in [1.82, 2.24) is 0 Å². The quantitative estimate of drug-likeness (QED) is 0.487. The molecule has 3 aliphatic rings. The first-order valence-electron chi connectivity index (χ1n) is 10.2. The molecule has 2 bridgehead atoms. The lowest BCUT2D eigenvalue weighted by atomic mass is 9.82. The van der Waals surface area contributed by atoms with Crippen molar-refractivity contribution in [2.24, 2.45) is 23.7 Å². The normalized spacial score (nSPS) is 27.2. The topological polar surface area (TPSA) is 52.6 Å². The van der Waals surface area contributed by atoms with Gasteiger partial charge in [-0.25, -0.2) is 9.59 Å². The fourth-order valence-corrected chi connectivity index (χ4v) is 4.54. The van der Waals surface area contributed by atoms with Crippen LogP contribution in [0.2, 0.25) is 0 Å². The van der Waals surface area contributed by atoms with Crippen molar-refractivity contribution in [1.29, 1.82) is 0 Å². The summed E-state index contributed by atoms with van der Waals surface area (Å²) in [6.07, 6.45) is 13.6. The Bertz CT molecular complexity index is 417. The number of esters is 2. The Hall–Kier alpha value is -1.58. The fourth-order valence-electron chi connectivity index (χ4n) is 4.54. The molecule has 0 radical (unpaired) electrons. The Morgan fingerprint density at radius 2 is 1.27 bits per heavy atom. The Morgan fingerprint density at radius 1 is 0.846 bits per heavy atom. The molecule has 3 aliphatic carbocycles. The van der Waals surface area contributed by atoms with Crippen molar-refractivity contribution in [3.63, 3.8) is 0 Å². The van der Waals surface area contributed by atoms with Gasteiger partial charge in [-0.05, 0) is 68.6 Å². The van der Waals surface area contributed by atoms with E-state index in [1.54, 1.807) is 38.5 Å². The number of carbonyl (C=O) groups excluding carboxylic acids is 2. The molecule has 0 saturated heterocycles. The van der Waals surface area contributed by atoms with Crippen LogP contribution in [0.1, 0.15) is 65.2 Å². The molecule has 148 valence electrons. The zero-order valence-corrected chi connectivity index (χ0v) is 16.6. The number of hydrogen-bond donors (Lipinski definition) is 0. The Morgan fingerprint density at radius 3 is 1.62 bits per heavy atom. The highest BCUT2D eigenvalue weighted by molar-refractivity contribution is 5.81. The second-order valence-corrected chi connectivity index (χ2v) is 7.34. The van der Waals surface area contributed by atoms with Gasteiger partial charge in [0.25, 0.3) is 0 Å². The van der Waals surface area contributed by atoms with Crippen LogP contribution >= 0.6 is 0 Å². The highest BCUT2D eigenvalue weighted by Gasteiger charge is 2.48. The van der Waals surface area contributed by atoms with Crippen molar-refractivity contribution in [2.75, 3.05) is 13.2 Å². The molecule has 4 heteroatoms. The van der Waals surface area contributed by atoms with E-state index in [1.165, 1.54) is 23.7 Å². The molecule has 3 fully saturated rings. The Labute approximate surface area is 159 Å². The number of ether oxygens (including phenoxy) is 2. The molecular weight excluding hydrogens is 328 g/mol. The second kappa shape index (κ2) is 12.7. The van der Waals surface area contributed by atoms with Gasteiger partial charge in [0.15, 0.2) is 0 Å². The first kappa shape index (κ1) is 22.5. The minimum atomic E-state index is -0.341. The Balaban J connectivity index is 0.000000199. The first-order chi connectivity index (χ1) is 12.6. The van der Waals surface area contributed by atoms with Crippen LogP contribution in [0.3, 0.4) is 0 Å². The van der Waals surface area contributed by atoms with E-state index in [0.29, 0.717) is 13.2 Å². The summed E-state index contributed by atoms with van der Waals surface area (Å²) < 4.78 is 9.17. The van der Waals surface area contributed by atoms with Crippen LogP contribution in [-0.4, -0.2) is 25.2 Å². The molecule has 26 heavy (non-hydrogen) atoms. The highest BCUT2D eigenvalue weighted by Crippen LogP contribution is 2.58. The van der Waals surface area contributed by atoms with E-state index >= 15 is 0 Å². The monoisotopic (exact) mass is 364 g/mol. The molecule has 4 unspecified atom stereocenters. The van der Waals surface area contributed by atoms with Crippen molar-refractivity contribution < 1.29 is 19.1 Å². The van der Waals surface area contributed by atoms with Gasteiger partial charge in [-0.15, -0.1) is 0 Å². The van der Waals surface area contributed by atoms with Crippen LogP contribution < -0.4 is 0 Å². The third-order valence-corrected chi connectivity index (χ3v) is 5.58. The zero-order chi connectivity index (χ0) is 19.4. The SMILES string of the molecule is C1CC2C3CCC(C3)C2C1.C=CC(=O)OCCC.C=CC(=O)OCCC. The number of fused-ring (bicyclic) bond motifs is 5. The van der Waals surface area contributed by atoms with Crippen LogP contribution in [0.25, 0.3) is 0 Å². The van der Waals surface area contributed by atoms with Crippen molar-refractivity contribution in [2.45, 2.75) is 65.2 Å². The third-order valence-electron chi connectivity index (χ3n) is 5.58. The minimum absolute atomic E-state index is 0.341. The van der Waals surface area contributed by atoms with E-state index in [2.05, 4.69) is 22.6 Å². The minimum Gasteiger partial charge on any atom is -0.463 e. The maximum absolute atomic E-state index is 10.2. The van der Waals surface area contributed by atoms with E-state index in [4.69, 9.17) is 0 Å². The van der Waals surface area contributed by atoms with Gasteiger partial charge in [-0.3, -0.25) is 0 Å². The molecule has 0 heterocycles. The van der Waals surface area contributed by atoms with Gasteiger partial charge in [0, 0.05) is 12.2 Å². The van der Waals surface area contributed by atoms with Crippen molar-refractivity contribution in [3.05, 3.63) is 25.3 Å². The van der Waals surface area contributed by atoms with Crippen molar-refractivity contribution >= 4 is 11.9 Å². The first-order valence-corrected chi connectivity index (χ1v) is 10.2. The summed E-state index contributed by atoms with van der Waals surface area (Å²) in [7, 11) is 0. The molecule has 4 nitrogen and oxygen atoms in total. The summed E-state index contributed by atoms with van der Waals surface area (Å²) in [5.41, 5.74) is 0. The van der Waals surface area contributed by atoms with E-state index in [0.717, 1.165) is 25.0 Å². The summed E-state index contributed by atoms with van der Waals surface area (Å²) in [5, 5.41) is 0. The molecule has 0 aromatic heterocycles. The molecule has 3 rings (SSSR count). The predicted octanol–water partition coefficient (Wildman–Crippen LogP) is 5.08.